The van der Waals surface area contributed by atoms with E-state index in [9.17, 15) is 0 Å². The maximum atomic E-state index is 8.96. The first-order chi connectivity index (χ1) is 9.19. The summed E-state index contributed by atoms with van der Waals surface area (Å²) >= 11 is 0. The first kappa shape index (κ1) is 15.7. The van der Waals surface area contributed by atoms with Crippen molar-refractivity contribution in [3.63, 3.8) is 0 Å². The van der Waals surface area contributed by atoms with E-state index < -0.39 is 0 Å². The zero-order valence-corrected chi connectivity index (χ0v) is 12.5. The molecule has 1 rings (SSSR count). The zero-order chi connectivity index (χ0) is 14.1. The molecule has 0 saturated carbocycles. The number of likely N-dealkylation sites (N-methyl/N-ethyl adjacent to an activating group) is 1. The predicted octanol–water partition coefficient (Wildman–Crippen LogP) is 3.66. The topological polar surface area (TPSA) is 27.0 Å². The third-order valence-corrected chi connectivity index (χ3v) is 3.55. The molecular formula is C17H26N2. The maximum absolute atomic E-state index is 8.96. The molecule has 0 saturated heterocycles. The van der Waals surface area contributed by atoms with E-state index in [1.807, 2.05) is 0 Å². The Morgan fingerprint density at radius 2 is 1.68 bits per heavy atom. The van der Waals surface area contributed by atoms with Gasteiger partial charge in [0.25, 0.3) is 0 Å². The lowest BCUT2D eigenvalue weighted by molar-refractivity contribution is 0.303. The number of nitriles is 1. The fraction of sp³-hybridized carbons (Fsp3) is 0.588. The van der Waals surface area contributed by atoms with Crippen LogP contribution in [0.3, 0.4) is 0 Å². The van der Waals surface area contributed by atoms with Crippen molar-refractivity contribution in [2.24, 2.45) is 5.92 Å². The normalized spacial score (nSPS) is 12.4. The number of aryl methyl sites for hydroxylation is 1. The quantitative estimate of drug-likeness (QED) is 0.711. The van der Waals surface area contributed by atoms with Gasteiger partial charge < -0.3 is 4.90 Å². The Hall–Kier alpha value is -1.33. The number of benzene rings is 1. The molecular weight excluding hydrogens is 232 g/mol. The van der Waals surface area contributed by atoms with Crippen molar-refractivity contribution in [3.8, 4) is 6.07 Å². The lowest BCUT2D eigenvalue weighted by Gasteiger charge is -2.19. The molecule has 104 valence electrons. The second-order valence-corrected chi connectivity index (χ2v) is 5.31. The highest BCUT2D eigenvalue weighted by Crippen LogP contribution is 2.09. The van der Waals surface area contributed by atoms with E-state index in [4.69, 9.17) is 5.26 Å². The van der Waals surface area contributed by atoms with E-state index in [2.05, 4.69) is 56.1 Å². The molecule has 0 amide bonds. The zero-order valence-electron chi connectivity index (χ0n) is 12.5. The van der Waals surface area contributed by atoms with Gasteiger partial charge in [-0.3, -0.25) is 0 Å². The van der Waals surface area contributed by atoms with Gasteiger partial charge in [0.2, 0.25) is 0 Å². The second kappa shape index (κ2) is 8.72. The van der Waals surface area contributed by atoms with Gasteiger partial charge in [0.15, 0.2) is 0 Å². The minimum atomic E-state index is 0.164. The molecule has 2 nitrogen and oxygen atoms in total. The Bertz CT molecular complexity index is 389. The van der Waals surface area contributed by atoms with Crippen molar-refractivity contribution in [1.29, 1.82) is 5.26 Å². The minimum Gasteiger partial charge on any atom is -0.305 e. The third kappa shape index (κ3) is 5.89. The average molecular weight is 258 g/mol. The molecule has 0 spiro atoms. The smallest absolute Gasteiger partial charge is 0.0669 e. The lowest BCUT2D eigenvalue weighted by atomic mass is 10.1. The molecule has 0 aromatic heterocycles. The molecule has 0 aliphatic rings. The monoisotopic (exact) mass is 258 g/mol. The Kier molecular flexibility index (Phi) is 7.22. The second-order valence-electron chi connectivity index (χ2n) is 5.31. The maximum Gasteiger partial charge on any atom is 0.0669 e. The minimum absolute atomic E-state index is 0.164. The molecule has 1 aromatic rings. The van der Waals surface area contributed by atoms with Crippen LogP contribution in [0.1, 0.15) is 37.8 Å². The summed E-state index contributed by atoms with van der Waals surface area (Å²) in [6, 6.07) is 11.3. The molecule has 0 bridgehead atoms. The molecule has 0 aliphatic heterocycles. The van der Waals surface area contributed by atoms with Crippen molar-refractivity contribution in [2.45, 2.75) is 39.5 Å². The standard InChI is InChI=1S/C17H26N2/c1-4-6-16-7-9-17(10-8-16)11-12-19(3)14-15(5-2)13-18/h7-10,15H,4-6,11-12,14H2,1-3H3. The van der Waals surface area contributed by atoms with Crippen LogP contribution in [0, 0.1) is 17.2 Å². The van der Waals surface area contributed by atoms with Crippen molar-refractivity contribution in [3.05, 3.63) is 35.4 Å². The predicted molar refractivity (Wildman–Crippen MR) is 81.0 cm³/mol. The summed E-state index contributed by atoms with van der Waals surface area (Å²) in [7, 11) is 2.10. The Morgan fingerprint density at radius 3 is 2.16 bits per heavy atom. The highest BCUT2D eigenvalue weighted by Gasteiger charge is 2.08. The van der Waals surface area contributed by atoms with Crippen LogP contribution in [0.15, 0.2) is 24.3 Å². The highest BCUT2D eigenvalue weighted by molar-refractivity contribution is 5.22. The van der Waals surface area contributed by atoms with E-state index in [0.29, 0.717) is 0 Å². The SMILES string of the molecule is CCCc1ccc(CCN(C)CC(C#N)CC)cc1. The van der Waals surface area contributed by atoms with E-state index in [-0.39, 0.29) is 5.92 Å². The van der Waals surface area contributed by atoms with Crippen LogP contribution in [0.4, 0.5) is 0 Å². The van der Waals surface area contributed by atoms with Crippen LogP contribution < -0.4 is 0 Å². The number of hydrogen-bond donors (Lipinski definition) is 0. The molecule has 0 heterocycles. The van der Waals surface area contributed by atoms with E-state index in [1.165, 1.54) is 24.0 Å². The van der Waals surface area contributed by atoms with Gasteiger partial charge in [-0.15, -0.1) is 0 Å². The van der Waals surface area contributed by atoms with Gasteiger partial charge in [-0.2, -0.15) is 5.26 Å². The van der Waals surface area contributed by atoms with Gasteiger partial charge in [0.1, 0.15) is 0 Å². The van der Waals surface area contributed by atoms with Crippen LogP contribution in [0.5, 0.6) is 0 Å². The molecule has 2 heteroatoms. The Balaban J connectivity index is 2.37. The molecule has 1 aromatic carbocycles. The Labute approximate surface area is 118 Å². The van der Waals surface area contributed by atoms with Gasteiger partial charge in [0, 0.05) is 13.1 Å². The fourth-order valence-corrected chi connectivity index (χ4v) is 2.21. The van der Waals surface area contributed by atoms with Crippen LogP contribution in [-0.4, -0.2) is 25.0 Å². The summed E-state index contributed by atoms with van der Waals surface area (Å²) < 4.78 is 0. The lowest BCUT2D eigenvalue weighted by Crippen LogP contribution is -2.27. The number of nitrogens with zero attached hydrogens (tertiary/aromatic N) is 2. The van der Waals surface area contributed by atoms with Crippen LogP contribution >= 0.6 is 0 Å². The van der Waals surface area contributed by atoms with Gasteiger partial charge in [-0.25, -0.2) is 0 Å². The first-order valence-corrected chi connectivity index (χ1v) is 7.35. The first-order valence-electron chi connectivity index (χ1n) is 7.35. The van der Waals surface area contributed by atoms with Gasteiger partial charge in [-0.1, -0.05) is 44.5 Å². The summed E-state index contributed by atoms with van der Waals surface area (Å²) in [6.45, 7) is 6.18. The average Bonchev–Trinajstić information content (AvgIpc) is 2.44. The molecule has 1 atom stereocenters. The van der Waals surface area contributed by atoms with Crippen molar-refractivity contribution in [2.75, 3.05) is 20.1 Å². The molecule has 19 heavy (non-hydrogen) atoms. The van der Waals surface area contributed by atoms with E-state index in [0.717, 1.165) is 25.9 Å². The van der Waals surface area contributed by atoms with Crippen LogP contribution in [0.2, 0.25) is 0 Å². The van der Waals surface area contributed by atoms with Gasteiger partial charge >= 0.3 is 0 Å². The Morgan fingerprint density at radius 1 is 1.11 bits per heavy atom. The third-order valence-electron chi connectivity index (χ3n) is 3.55. The summed E-state index contributed by atoms with van der Waals surface area (Å²) in [5.41, 5.74) is 2.81. The highest BCUT2D eigenvalue weighted by atomic mass is 15.1. The largest absolute Gasteiger partial charge is 0.305 e. The molecule has 0 N–H and O–H groups in total. The summed E-state index contributed by atoms with van der Waals surface area (Å²) in [4.78, 5) is 2.26. The van der Waals surface area contributed by atoms with Crippen molar-refractivity contribution < 1.29 is 0 Å². The van der Waals surface area contributed by atoms with Crippen LogP contribution in [-0.2, 0) is 12.8 Å². The summed E-state index contributed by atoms with van der Waals surface area (Å²) in [6.07, 6.45) is 4.37. The molecule has 0 aliphatic carbocycles. The van der Waals surface area contributed by atoms with Crippen LogP contribution in [0.25, 0.3) is 0 Å². The molecule has 1 unspecified atom stereocenters. The molecule has 0 radical (unpaired) electrons. The van der Waals surface area contributed by atoms with Crippen molar-refractivity contribution in [1.82, 2.24) is 4.90 Å². The molecule has 0 fully saturated rings. The fourth-order valence-electron chi connectivity index (χ4n) is 2.21. The van der Waals surface area contributed by atoms with E-state index in [1.54, 1.807) is 0 Å². The van der Waals surface area contributed by atoms with Gasteiger partial charge in [0.05, 0.1) is 12.0 Å². The van der Waals surface area contributed by atoms with Crippen molar-refractivity contribution >= 4 is 0 Å². The summed E-state index contributed by atoms with van der Waals surface area (Å²) in [5, 5.41) is 8.96. The number of rotatable bonds is 8. The summed E-state index contributed by atoms with van der Waals surface area (Å²) in [5.74, 6) is 0.164. The number of hydrogen-bond acceptors (Lipinski definition) is 2. The van der Waals surface area contributed by atoms with E-state index >= 15 is 0 Å². The van der Waals surface area contributed by atoms with Gasteiger partial charge in [-0.05, 0) is 37.4 Å².